The van der Waals surface area contributed by atoms with E-state index in [0.29, 0.717) is 0 Å². The SMILES string of the molecule is CNC(C)(C#N)CCCSCc1cc(C)cc(C)c1. The predicted octanol–water partition coefficient (Wildman–Crippen LogP) is 3.82. The number of benzene rings is 1. The Morgan fingerprint density at radius 1 is 1.26 bits per heavy atom. The summed E-state index contributed by atoms with van der Waals surface area (Å²) in [4.78, 5) is 0. The molecule has 2 nitrogen and oxygen atoms in total. The van der Waals surface area contributed by atoms with Crippen LogP contribution in [0.2, 0.25) is 0 Å². The molecule has 0 aliphatic rings. The van der Waals surface area contributed by atoms with E-state index in [9.17, 15) is 0 Å². The zero-order valence-corrected chi connectivity index (χ0v) is 13.2. The highest BCUT2D eigenvalue weighted by Crippen LogP contribution is 2.19. The van der Waals surface area contributed by atoms with Crippen molar-refractivity contribution in [2.75, 3.05) is 12.8 Å². The van der Waals surface area contributed by atoms with Gasteiger partial charge in [-0.3, -0.25) is 0 Å². The Kier molecular flexibility index (Phi) is 6.41. The van der Waals surface area contributed by atoms with E-state index < -0.39 is 0 Å². The molecule has 0 saturated heterocycles. The molecular formula is C16H24N2S. The van der Waals surface area contributed by atoms with Gasteiger partial charge in [-0.15, -0.1) is 0 Å². The normalized spacial score (nSPS) is 13.8. The van der Waals surface area contributed by atoms with Crippen molar-refractivity contribution in [3.05, 3.63) is 34.9 Å². The maximum Gasteiger partial charge on any atom is 0.103 e. The van der Waals surface area contributed by atoms with Crippen LogP contribution in [0.1, 0.15) is 36.5 Å². The van der Waals surface area contributed by atoms with E-state index in [0.717, 1.165) is 24.3 Å². The van der Waals surface area contributed by atoms with E-state index in [4.69, 9.17) is 5.26 Å². The molecule has 19 heavy (non-hydrogen) atoms. The molecule has 0 aromatic heterocycles. The first-order valence-electron chi connectivity index (χ1n) is 6.74. The lowest BCUT2D eigenvalue weighted by Gasteiger charge is -2.20. The molecule has 1 N–H and O–H groups in total. The van der Waals surface area contributed by atoms with Gasteiger partial charge in [-0.2, -0.15) is 17.0 Å². The minimum Gasteiger partial charge on any atom is -0.303 e. The fraction of sp³-hybridized carbons (Fsp3) is 0.562. The average molecular weight is 276 g/mol. The highest BCUT2D eigenvalue weighted by Gasteiger charge is 2.19. The van der Waals surface area contributed by atoms with Gasteiger partial charge in [-0.1, -0.05) is 29.3 Å². The molecule has 0 aliphatic carbocycles. The lowest BCUT2D eigenvalue weighted by atomic mass is 9.99. The topological polar surface area (TPSA) is 35.8 Å². The lowest BCUT2D eigenvalue weighted by molar-refractivity contribution is 0.451. The number of rotatable bonds is 7. The van der Waals surface area contributed by atoms with Crippen LogP contribution in [0.3, 0.4) is 0 Å². The van der Waals surface area contributed by atoms with Gasteiger partial charge < -0.3 is 5.32 Å². The van der Waals surface area contributed by atoms with Gasteiger partial charge in [0.05, 0.1) is 6.07 Å². The Hall–Kier alpha value is -0.980. The maximum absolute atomic E-state index is 9.06. The lowest BCUT2D eigenvalue weighted by Crippen LogP contribution is -2.37. The zero-order chi connectivity index (χ0) is 14.3. The quantitative estimate of drug-likeness (QED) is 0.769. The fourth-order valence-corrected chi connectivity index (χ4v) is 3.00. The van der Waals surface area contributed by atoms with Crippen LogP contribution in [-0.2, 0) is 5.75 Å². The standard InChI is InChI=1S/C16H24N2S/c1-13-8-14(2)10-15(9-13)11-19-7-5-6-16(3,12-17)18-4/h8-10,18H,5-7,11H2,1-4H3. The summed E-state index contributed by atoms with van der Waals surface area (Å²) in [5.74, 6) is 2.16. The Balaban J connectivity index is 2.30. The average Bonchev–Trinajstić information content (AvgIpc) is 2.37. The first kappa shape index (κ1) is 16.1. The number of aryl methyl sites for hydroxylation is 2. The van der Waals surface area contributed by atoms with Crippen LogP contribution in [0.4, 0.5) is 0 Å². The van der Waals surface area contributed by atoms with E-state index in [2.05, 4.69) is 43.4 Å². The number of hydrogen-bond acceptors (Lipinski definition) is 3. The molecule has 1 atom stereocenters. The summed E-state index contributed by atoms with van der Waals surface area (Å²) in [6.07, 6.45) is 1.97. The summed E-state index contributed by atoms with van der Waals surface area (Å²) in [7, 11) is 1.85. The minimum absolute atomic E-state index is 0.375. The Morgan fingerprint density at radius 3 is 2.42 bits per heavy atom. The molecule has 1 unspecified atom stereocenters. The van der Waals surface area contributed by atoms with E-state index in [1.54, 1.807) is 0 Å². The van der Waals surface area contributed by atoms with E-state index in [1.165, 1.54) is 16.7 Å². The van der Waals surface area contributed by atoms with Gasteiger partial charge in [-0.25, -0.2) is 0 Å². The fourth-order valence-electron chi connectivity index (χ4n) is 2.11. The summed E-state index contributed by atoms with van der Waals surface area (Å²) in [5, 5.41) is 12.1. The van der Waals surface area contributed by atoms with Crippen LogP contribution in [0.25, 0.3) is 0 Å². The minimum atomic E-state index is -0.375. The number of nitrogens with zero attached hydrogens (tertiary/aromatic N) is 1. The molecule has 3 heteroatoms. The molecule has 0 spiro atoms. The van der Waals surface area contributed by atoms with Crippen molar-refractivity contribution in [1.82, 2.24) is 5.32 Å². The molecule has 0 saturated carbocycles. The van der Waals surface area contributed by atoms with Crippen LogP contribution in [-0.4, -0.2) is 18.3 Å². The third kappa shape index (κ3) is 5.67. The summed E-state index contributed by atoms with van der Waals surface area (Å²) in [6, 6.07) is 9.05. The molecule has 0 fully saturated rings. The van der Waals surface area contributed by atoms with Gasteiger partial charge in [0, 0.05) is 5.75 Å². The Labute approximate surface area is 121 Å². The van der Waals surface area contributed by atoms with Gasteiger partial charge in [0.1, 0.15) is 5.54 Å². The van der Waals surface area contributed by atoms with Crippen LogP contribution in [0.15, 0.2) is 18.2 Å². The van der Waals surface area contributed by atoms with E-state index >= 15 is 0 Å². The van der Waals surface area contributed by atoms with Crippen molar-refractivity contribution in [2.45, 2.75) is 44.9 Å². The van der Waals surface area contributed by atoms with Crippen LogP contribution < -0.4 is 5.32 Å². The molecule has 1 rings (SSSR count). The van der Waals surface area contributed by atoms with Crippen molar-refractivity contribution in [1.29, 1.82) is 5.26 Å². The van der Waals surface area contributed by atoms with Crippen LogP contribution >= 0.6 is 11.8 Å². The molecule has 1 aromatic rings. The molecule has 104 valence electrons. The Morgan fingerprint density at radius 2 is 1.89 bits per heavy atom. The summed E-state index contributed by atoms with van der Waals surface area (Å²) < 4.78 is 0. The maximum atomic E-state index is 9.06. The second kappa shape index (κ2) is 7.57. The highest BCUT2D eigenvalue weighted by molar-refractivity contribution is 7.98. The smallest absolute Gasteiger partial charge is 0.103 e. The summed E-state index contributed by atoms with van der Waals surface area (Å²) in [5.41, 5.74) is 3.70. The predicted molar refractivity (Wildman–Crippen MR) is 84.4 cm³/mol. The van der Waals surface area contributed by atoms with Crippen molar-refractivity contribution in [3.8, 4) is 6.07 Å². The van der Waals surface area contributed by atoms with Crippen LogP contribution in [0, 0.1) is 25.2 Å². The van der Waals surface area contributed by atoms with Crippen molar-refractivity contribution in [3.63, 3.8) is 0 Å². The largest absolute Gasteiger partial charge is 0.303 e. The summed E-state index contributed by atoms with van der Waals surface area (Å²) >= 11 is 1.95. The first-order chi connectivity index (χ1) is 8.99. The molecule has 0 aliphatic heterocycles. The molecule has 0 heterocycles. The number of thioether (sulfide) groups is 1. The van der Waals surface area contributed by atoms with Crippen molar-refractivity contribution < 1.29 is 0 Å². The van der Waals surface area contributed by atoms with Crippen LogP contribution in [0.5, 0.6) is 0 Å². The van der Waals surface area contributed by atoms with E-state index in [1.807, 2.05) is 25.7 Å². The third-order valence-electron chi connectivity index (χ3n) is 3.31. The van der Waals surface area contributed by atoms with Gasteiger partial charge in [0.2, 0.25) is 0 Å². The van der Waals surface area contributed by atoms with Gasteiger partial charge in [0.15, 0.2) is 0 Å². The summed E-state index contributed by atoms with van der Waals surface area (Å²) in [6.45, 7) is 6.25. The number of hydrogen-bond donors (Lipinski definition) is 1. The van der Waals surface area contributed by atoms with Gasteiger partial charge in [0.25, 0.3) is 0 Å². The first-order valence-corrected chi connectivity index (χ1v) is 7.89. The number of nitriles is 1. The second-order valence-electron chi connectivity index (χ2n) is 5.35. The van der Waals surface area contributed by atoms with Crippen molar-refractivity contribution >= 4 is 11.8 Å². The van der Waals surface area contributed by atoms with Gasteiger partial charge in [-0.05, 0) is 52.0 Å². The molecule has 1 aromatic carbocycles. The van der Waals surface area contributed by atoms with E-state index in [-0.39, 0.29) is 5.54 Å². The monoisotopic (exact) mass is 276 g/mol. The molecule has 0 amide bonds. The molecular weight excluding hydrogens is 252 g/mol. The third-order valence-corrected chi connectivity index (χ3v) is 4.43. The number of nitrogens with one attached hydrogen (secondary N) is 1. The molecule has 0 radical (unpaired) electrons. The Bertz CT molecular complexity index is 430. The highest BCUT2D eigenvalue weighted by atomic mass is 32.2. The van der Waals surface area contributed by atoms with Gasteiger partial charge >= 0.3 is 0 Å². The second-order valence-corrected chi connectivity index (χ2v) is 6.45. The zero-order valence-electron chi connectivity index (χ0n) is 12.4. The van der Waals surface area contributed by atoms with Crippen molar-refractivity contribution in [2.24, 2.45) is 0 Å². The molecule has 0 bridgehead atoms.